The van der Waals surface area contributed by atoms with Gasteiger partial charge in [0.05, 0.1) is 18.0 Å². The van der Waals surface area contributed by atoms with Gasteiger partial charge in [0.2, 0.25) is 0 Å². The first kappa shape index (κ1) is 14.8. The molecule has 21 heavy (non-hydrogen) atoms. The fourth-order valence-electron chi connectivity index (χ4n) is 1.60. The molecule has 2 N–H and O–H groups in total. The van der Waals surface area contributed by atoms with Crippen molar-refractivity contribution in [2.24, 2.45) is 5.73 Å². The molecule has 0 aliphatic carbocycles. The number of nitrogens with zero attached hydrogens (tertiary/aromatic N) is 2. The number of allylic oxidation sites excluding steroid dienone is 1. The lowest BCUT2D eigenvalue weighted by atomic mass is 10.2. The minimum absolute atomic E-state index is 0.00172. The van der Waals surface area contributed by atoms with Crippen molar-refractivity contribution in [2.45, 2.75) is 12.6 Å². The lowest BCUT2D eigenvalue weighted by Crippen LogP contribution is -2.05. The standard InChI is InChI=1S/C14H12F3N3O/c15-14(16,17)11-5-13(9-20-7-11)21-12-4-10(2-1-3-18)6-19-8-12/h1,3-9H,2,18H2. The lowest BCUT2D eigenvalue weighted by molar-refractivity contribution is -0.137. The van der Waals surface area contributed by atoms with Gasteiger partial charge < -0.3 is 10.5 Å². The zero-order chi connectivity index (χ0) is 15.3. The second kappa shape index (κ2) is 6.25. The number of aromatic nitrogens is 2. The molecule has 0 spiro atoms. The molecule has 0 aromatic carbocycles. The maximum Gasteiger partial charge on any atom is 0.418 e. The molecule has 0 bridgehead atoms. The third-order valence-electron chi connectivity index (χ3n) is 2.54. The molecule has 2 aromatic heterocycles. The molecule has 0 saturated carbocycles. The summed E-state index contributed by atoms with van der Waals surface area (Å²) in [5, 5.41) is 0. The van der Waals surface area contributed by atoms with E-state index in [-0.39, 0.29) is 5.75 Å². The van der Waals surface area contributed by atoms with Crippen LogP contribution >= 0.6 is 0 Å². The van der Waals surface area contributed by atoms with Crippen molar-refractivity contribution in [3.05, 3.63) is 60.3 Å². The molecule has 0 saturated heterocycles. The summed E-state index contributed by atoms with van der Waals surface area (Å²) < 4.78 is 43.1. The molecule has 0 fully saturated rings. The van der Waals surface area contributed by atoms with Crippen LogP contribution in [0.15, 0.2) is 49.2 Å². The average molecular weight is 295 g/mol. The normalized spacial score (nSPS) is 11.8. The van der Waals surface area contributed by atoms with Crippen LogP contribution in [0, 0.1) is 0 Å². The predicted molar refractivity (Wildman–Crippen MR) is 70.6 cm³/mol. The van der Waals surface area contributed by atoms with Crippen LogP contribution in [0.2, 0.25) is 0 Å². The van der Waals surface area contributed by atoms with Crippen molar-refractivity contribution >= 4 is 0 Å². The SMILES string of the molecule is NC=CCc1cncc(Oc2cncc(C(F)(F)F)c2)c1. The van der Waals surface area contributed by atoms with Crippen molar-refractivity contribution in [1.82, 2.24) is 9.97 Å². The highest BCUT2D eigenvalue weighted by molar-refractivity contribution is 5.32. The number of alkyl halides is 3. The lowest BCUT2D eigenvalue weighted by Gasteiger charge is -2.09. The molecule has 0 radical (unpaired) electrons. The highest BCUT2D eigenvalue weighted by Crippen LogP contribution is 2.31. The predicted octanol–water partition coefficient (Wildman–Crippen LogP) is 3.30. The molecule has 2 heterocycles. The second-order valence-corrected chi connectivity index (χ2v) is 4.17. The second-order valence-electron chi connectivity index (χ2n) is 4.17. The Morgan fingerprint density at radius 3 is 2.38 bits per heavy atom. The molecule has 0 amide bonds. The van der Waals surface area contributed by atoms with Crippen molar-refractivity contribution in [1.29, 1.82) is 0 Å². The van der Waals surface area contributed by atoms with Crippen molar-refractivity contribution in [3.63, 3.8) is 0 Å². The third-order valence-corrected chi connectivity index (χ3v) is 2.54. The molecule has 0 unspecified atom stereocenters. The summed E-state index contributed by atoms with van der Waals surface area (Å²) in [6.45, 7) is 0. The first-order valence-electron chi connectivity index (χ1n) is 6.00. The zero-order valence-corrected chi connectivity index (χ0v) is 10.8. The van der Waals surface area contributed by atoms with Crippen LogP contribution < -0.4 is 10.5 Å². The van der Waals surface area contributed by atoms with Crippen LogP contribution in [-0.2, 0) is 12.6 Å². The maximum absolute atomic E-state index is 12.6. The number of rotatable bonds is 4. The molecule has 2 aromatic rings. The van der Waals surface area contributed by atoms with Crippen LogP contribution in [0.3, 0.4) is 0 Å². The summed E-state index contributed by atoms with van der Waals surface area (Å²) in [5.41, 5.74) is 5.21. The van der Waals surface area contributed by atoms with E-state index in [4.69, 9.17) is 10.5 Å². The molecule has 7 heteroatoms. The van der Waals surface area contributed by atoms with E-state index in [9.17, 15) is 13.2 Å². The minimum Gasteiger partial charge on any atom is -0.454 e. The Labute approximate surface area is 119 Å². The summed E-state index contributed by atoms with van der Waals surface area (Å²) in [5.74, 6) is 0.331. The Morgan fingerprint density at radius 1 is 1.05 bits per heavy atom. The van der Waals surface area contributed by atoms with Gasteiger partial charge in [-0.1, -0.05) is 6.08 Å². The van der Waals surface area contributed by atoms with E-state index in [2.05, 4.69) is 9.97 Å². The van der Waals surface area contributed by atoms with Gasteiger partial charge in [0.25, 0.3) is 0 Å². The van der Waals surface area contributed by atoms with Gasteiger partial charge in [0.15, 0.2) is 0 Å². The number of hydrogen-bond acceptors (Lipinski definition) is 4. The van der Waals surface area contributed by atoms with Gasteiger partial charge in [0.1, 0.15) is 11.5 Å². The molecular formula is C14H12F3N3O. The summed E-state index contributed by atoms with van der Waals surface area (Å²) >= 11 is 0. The number of ether oxygens (including phenoxy) is 1. The van der Waals surface area contributed by atoms with Crippen LogP contribution in [0.4, 0.5) is 13.2 Å². The molecule has 0 aliphatic rings. The third kappa shape index (κ3) is 4.20. The van der Waals surface area contributed by atoms with Gasteiger partial charge in [0, 0.05) is 12.4 Å². The number of nitrogens with two attached hydrogens (primary N) is 1. The van der Waals surface area contributed by atoms with E-state index in [1.165, 1.54) is 18.6 Å². The Kier molecular flexibility index (Phi) is 4.42. The van der Waals surface area contributed by atoms with Crippen molar-refractivity contribution in [2.75, 3.05) is 0 Å². The fraction of sp³-hybridized carbons (Fsp3) is 0.143. The van der Waals surface area contributed by atoms with E-state index in [0.29, 0.717) is 12.2 Å². The first-order valence-corrected chi connectivity index (χ1v) is 6.00. The number of hydrogen-bond donors (Lipinski definition) is 1. The van der Waals surface area contributed by atoms with Crippen LogP contribution in [0.25, 0.3) is 0 Å². The highest BCUT2D eigenvalue weighted by Gasteiger charge is 2.31. The van der Waals surface area contributed by atoms with Gasteiger partial charge in [-0.05, 0) is 30.3 Å². The van der Waals surface area contributed by atoms with Crippen LogP contribution in [0.5, 0.6) is 11.5 Å². The molecular weight excluding hydrogens is 283 g/mol. The van der Waals surface area contributed by atoms with Gasteiger partial charge >= 0.3 is 6.18 Å². The largest absolute Gasteiger partial charge is 0.454 e. The topological polar surface area (TPSA) is 61.0 Å². The highest BCUT2D eigenvalue weighted by atomic mass is 19.4. The Balaban J connectivity index is 2.18. The van der Waals surface area contributed by atoms with E-state index >= 15 is 0 Å². The number of halogens is 3. The van der Waals surface area contributed by atoms with Crippen LogP contribution in [-0.4, -0.2) is 9.97 Å². The molecule has 0 atom stereocenters. The van der Waals surface area contributed by atoms with Crippen molar-refractivity contribution in [3.8, 4) is 11.5 Å². The number of pyridine rings is 2. The van der Waals surface area contributed by atoms with E-state index in [1.54, 1.807) is 18.3 Å². The minimum atomic E-state index is -4.46. The quantitative estimate of drug-likeness (QED) is 0.940. The van der Waals surface area contributed by atoms with Gasteiger partial charge in [-0.15, -0.1) is 0 Å². The molecule has 110 valence electrons. The molecule has 0 aliphatic heterocycles. The van der Waals surface area contributed by atoms with Crippen LogP contribution in [0.1, 0.15) is 11.1 Å². The Hall–Kier alpha value is -2.57. The van der Waals surface area contributed by atoms with Gasteiger partial charge in [-0.25, -0.2) is 0 Å². The maximum atomic E-state index is 12.6. The van der Waals surface area contributed by atoms with E-state index < -0.39 is 11.7 Å². The van der Waals surface area contributed by atoms with Gasteiger partial charge in [-0.3, -0.25) is 9.97 Å². The summed E-state index contributed by atoms with van der Waals surface area (Å²) in [6.07, 6.45) is 4.22. The van der Waals surface area contributed by atoms with Crippen molar-refractivity contribution < 1.29 is 17.9 Å². The first-order chi connectivity index (χ1) is 9.99. The molecule has 2 rings (SSSR count). The Morgan fingerprint density at radius 2 is 1.71 bits per heavy atom. The summed E-state index contributed by atoms with van der Waals surface area (Å²) in [6, 6.07) is 2.56. The monoisotopic (exact) mass is 295 g/mol. The summed E-state index contributed by atoms with van der Waals surface area (Å²) in [4.78, 5) is 7.49. The summed E-state index contributed by atoms with van der Waals surface area (Å²) in [7, 11) is 0. The molecule has 4 nitrogen and oxygen atoms in total. The fourth-order valence-corrected chi connectivity index (χ4v) is 1.60. The van der Waals surface area contributed by atoms with E-state index in [1.807, 2.05) is 0 Å². The van der Waals surface area contributed by atoms with E-state index in [0.717, 1.165) is 17.8 Å². The Bertz CT molecular complexity index is 641. The average Bonchev–Trinajstić information content (AvgIpc) is 2.45. The van der Waals surface area contributed by atoms with Gasteiger partial charge in [-0.2, -0.15) is 13.2 Å². The smallest absolute Gasteiger partial charge is 0.418 e. The zero-order valence-electron chi connectivity index (χ0n) is 10.8.